The summed E-state index contributed by atoms with van der Waals surface area (Å²) in [5, 5.41) is 14.8. The van der Waals surface area contributed by atoms with Crippen LogP contribution in [0.3, 0.4) is 0 Å². The Balaban J connectivity index is 1.56. The molecule has 25 heavy (non-hydrogen) atoms. The van der Waals surface area contributed by atoms with E-state index in [0.29, 0.717) is 17.9 Å². The smallest absolute Gasteiger partial charge is 0.355 e. The number of carbonyl (C=O) groups is 1. The summed E-state index contributed by atoms with van der Waals surface area (Å²) in [6.45, 7) is 0.547. The maximum atomic E-state index is 11.6. The van der Waals surface area contributed by atoms with Gasteiger partial charge in [-0.3, -0.25) is 4.40 Å². The summed E-state index contributed by atoms with van der Waals surface area (Å²) in [5.74, 6) is -0.987. The molecule has 0 radical (unpaired) electrons. The van der Waals surface area contributed by atoms with Crippen molar-refractivity contribution in [2.24, 2.45) is 0 Å². The molecule has 0 atom stereocenters. The average Bonchev–Trinajstić information content (AvgIpc) is 3.31. The molecule has 124 valence electrons. The van der Waals surface area contributed by atoms with Crippen molar-refractivity contribution in [3.8, 4) is 10.4 Å². The Morgan fingerprint density at radius 1 is 1.16 bits per heavy atom. The topological polar surface area (TPSA) is 66.6 Å². The lowest BCUT2D eigenvalue weighted by Gasteiger charge is -2.11. The van der Waals surface area contributed by atoms with E-state index < -0.39 is 5.97 Å². The molecular weight excluding hydrogens is 334 g/mol. The Morgan fingerprint density at radius 3 is 2.72 bits per heavy atom. The van der Waals surface area contributed by atoms with Gasteiger partial charge >= 0.3 is 5.97 Å². The molecule has 4 rings (SSSR count). The molecule has 0 aliphatic carbocycles. The standard InChI is InChI=1S/C19H15N3O2S/c23-19(24)18-15(7-8-17-20-9-10-22(17)18)21-12-13-3-5-14(6-4-13)16-2-1-11-25-16/h1-11,21H,12H2,(H,23,24). The highest BCUT2D eigenvalue weighted by atomic mass is 32.1. The third-order valence-electron chi connectivity index (χ3n) is 4.01. The zero-order valence-electron chi connectivity index (χ0n) is 13.2. The second-order valence-corrected chi connectivity index (χ2v) is 6.53. The normalized spacial score (nSPS) is 10.9. The molecular formula is C19H15N3O2S. The SMILES string of the molecule is O=C(O)c1c(NCc2ccc(-c3cccs3)cc2)ccc2nccn12. The lowest BCUT2D eigenvalue weighted by molar-refractivity contribution is 0.0690. The monoisotopic (exact) mass is 349 g/mol. The number of pyridine rings is 1. The lowest BCUT2D eigenvalue weighted by Crippen LogP contribution is -2.11. The van der Waals surface area contributed by atoms with E-state index >= 15 is 0 Å². The molecule has 3 heterocycles. The average molecular weight is 349 g/mol. The summed E-state index contributed by atoms with van der Waals surface area (Å²) in [6, 6.07) is 16.0. The van der Waals surface area contributed by atoms with Crippen LogP contribution >= 0.6 is 11.3 Å². The number of anilines is 1. The van der Waals surface area contributed by atoms with Crippen molar-refractivity contribution in [1.29, 1.82) is 0 Å². The van der Waals surface area contributed by atoms with Crippen LogP contribution in [0.15, 0.2) is 66.3 Å². The zero-order chi connectivity index (χ0) is 17.2. The molecule has 6 heteroatoms. The highest BCUT2D eigenvalue weighted by Gasteiger charge is 2.14. The van der Waals surface area contributed by atoms with Crippen molar-refractivity contribution >= 4 is 28.6 Å². The molecule has 0 unspecified atom stereocenters. The van der Waals surface area contributed by atoms with Gasteiger partial charge in [-0.1, -0.05) is 30.3 Å². The molecule has 0 aliphatic rings. The van der Waals surface area contributed by atoms with Gasteiger partial charge in [0.2, 0.25) is 0 Å². The van der Waals surface area contributed by atoms with Gasteiger partial charge in [0, 0.05) is 23.8 Å². The maximum absolute atomic E-state index is 11.6. The van der Waals surface area contributed by atoms with Crippen molar-refractivity contribution in [1.82, 2.24) is 9.38 Å². The Bertz CT molecular complexity index is 1020. The van der Waals surface area contributed by atoms with Gasteiger partial charge in [-0.25, -0.2) is 9.78 Å². The highest BCUT2D eigenvalue weighted by molar-refractivity contribution is 7.13. The largest absolute Gasteiger partial charge is 0.476 e. The summed E-state index contributed by atoms with van der Waals surface area (Å²) in [4.78, 5) is 17.0. The first kappa shape index (κ1) is 15.4. The number of benzene rings is 1. The number of carboxylic acid groups (broad SMARTS) is 1. The van der Waals surface area contributed by atoms with Crippen molar-refractivity contribution in [3.63, 3.8) is 0 Å². The number of aromatic nitrogens is 2. The first-order valence-electron chi connectivity index (χ1n) is 7.78. The first-order valence-corrected chi connectivity index (χ1v) is 8.66. The quantitative estimate of drug-likeness (QED) is 0.561. The van der Waals surface area contributed by atoms with Crippen LogP contribution < -0.4 is 5.32 Å². The van der Waals surface area contributed by atoms with Crippen LogP contribution in [-0.2, 0) is 6.54 Å². The molecule has 0 amide bonds. The zero-order valence-corrected chi connectivity index (χ0v) is 14.0. The van der Waals surface area contributed by atoms with E-state index in [1.54, 1.807) is 40.3 Å². The van der Waals surface area contributed by atoms with Crippen LogP contribution in [0.5, 0.6) is 0 Å². The van der Waals surface area contributed by atoms with E-state index in [9.17, 15) is 9.90 Å². The molecule has 1 aromatic carbocycles. The molecule has 2 N–H and O–H groups in total. The van der Waals surface area contributed by atoms with Crippen LogP contribution in [0, 0.1) is 0 Å². The Hall–Kier alpha value is -3.12. The third kappa shape index (κ3) is 2.99. The molecule has 0 aliphatic heterocycles. The molecule has 0 spiro atoms. The fourth-order valence-corrected chi connectivity index (χ4v) is 3.51. The van der Waals surface area contributed by atoms with Crippen molar-refractivity contribution < 1.29 is 9.90 Å². The number of thiophene rings is 1. The number of rotatable bonds is 5. The predicted octanol–water partition coefficient (Wildman–Crippen LogP) is 4.37. The molecule has 4 aromatic rings. The number of fused-ring (bicyclic) bond motifs is 1. The Morgan fingerprint density at radius 2 is 2.00 bits per heavy atom. The van der Waals surface area contributed by atoms with E-state index in [-0.39, 0.29) is 5.69 Å². The number of nitrogens with zero attached hydrogens (tertiary/aromatic N) is 2. The first-order chi connectivity index (χ1) is 12.2. The number of hydrogen-bond acceptors (Lipinski definition) is 4. The second-order valence-electron chi connectivity index (χ2n) is 5.58. The molecule has 0 saturated heterocycles. The summed E-state index contributed by atoms with van der Waals surface area (Å²) in [5.41, 5.74) is 3.64. The summed E-state index contributed by atoms with van der Waals surface area (Å²) in [6.07, 6.45) is 3.24. The highest BCUT2D eigenvalue weighted by Crippen LogP contribution is 2.25. The van der Waals surface area contributed by atoms with Gasteiger partial charge in [0.1, 0.15) is 5.65 Å². The van der Waals surface area contributed by atoms with Crippen molar-refractivity contribution in [3.05, 3.63) is 77.6 Å². The van der Waals surface area contributed by atoms with E-state index in [1.165, 1.54) is 10.4 Å². The molecule has 3 aromatic heterocycles. The fraction of sp³-hybridized carbons (Fsp3) is 0.0526. The van der Waals surface area contributed by atoms with Crippen LogP contribution in [0.25, 0.3) is 16.1 Å². The van der Waals surface area contributed by atoms with Gasteiger partial charge in [-0.05, 0) is 34.7 Å². The minimum Gasteiger partial charge on any atom is -0.476 e. The predicted molar refractivity (Wildman–Crippen MR) is 99.2 cm³/mol. The van der Waals surface area contributed by atoms with E-state index in [0.717, 1.165) is 5.56 Å². The van der Waals surface area contributed by atoms with Crippen LogP contribution in [0.1, 0.15) is 16.1 Å². The molecule has 0 saturated carbocycles. The second kappa shape index (κ2) is 6.41. The van der Waals surface area contributed by atoms with Gasteiger partial charge < -0.3 is 10.4 Å². The van der Waals surface area contributed by atoms with Crippen LogP contribution in [-0.4, -0.2) is 20.5 Å². The number of hydrogen-bond donors (Lipinski definition) is 2. The number of aromatic carboxylic acids is 1. The van der Waals surface area contributed by atoms with Gasteiger partial charge in [0.25, 0.3) is 0 Å². The summed E-state index contributed by atoms with van der Waals surface area (Å²) in [7, 11) is 0. The van der Waals surface area contributed by atoms with Gasteiger partial charge in [-0.15, -0.1) is 11.3 Å². The maximum Gasteiger partial charge on any atom is 0.355 e. The number of carboxylic acids is 1. The number of imidazole rings is 1. The minimum absolute atomic E-state index is 0.185. The van der Waals surface area contributed by atoms with Crippen molar-refractivity contribution in [2.75, 3.05) is 5.32 Å². The van der Waals surface area contributed by atoms with Gasteiger partial charge in [0.15, 0.2) is 5.69 Å². The molecule has 0 bridgehead atoms. The van der Waals surface area contributed by atoms with Crippen LogP contribution in [0.2, 0.25) is 0 Å². The fourth-order valence-electron chi connectivity index (χ4n) is 2.78. The Labute approximate surface area is 148 Å². The van der Waals surface area contributed by atoms with Gasteiger partial charge in [0.05, 0.1) is 5.69 Å². The van der Waals surface area contributed by atoms with E-state index in [2.05, 4.69) is 46.0 Å². The Kier molecular flexibility index (Phi) is 3.95. The van der Waals surface area contributed by atoms with Crippen molar-refractivity contribution in [2.45, 2.75) is 6.54 Å². The van der Waals surface area contributed by atoms with Gasteiger partial charge in [-0.2, -0.15) is 0 Å². The van der Waals surface area contributed by atoms with Crippen LogP contribution in [0.4, 0.5) is 5.69 Å². The number of nitrogens with one attached hydrogen (secondary N) is 1. The summed E-state index contributed by atoms with van der Waals surface area (Å²) < 4.78 is 1.57. The lowest BCUT2D eigenvalue weighted by atomic mass is 10.1. The molecule has 0 fully saturated rings. The minimum atomic E-state index is -0.987. The van der Waals surface area contributed by atoms with E-state index in [1.807, 2.05) is 6.07 Å². The summed E-state index contributed by atoms with van der Waals surface area (Å²) >= 11 is 1.71. The molecule has 5 nitrogen and oxygen atoms in total. The third-order valence-corrected chi connectivity index (χ3v) is 4.93. The van der Waals surface area contributed by atoms with E-state index in [4.69, 9.17) is 0 Å².